The molecule has 1 nitrogen and oxygen atoms in total. The fourth-order valence-corrected chi connectivity index (χ4v) is 1.65. The molecule has 68 valence electrons. The summed E-state index contributed by atoms with van der Waals surface area (Å²) in [5.74, 6) is 0. The molecule has 1 rings (SSSR count). The third-order valence-electron chi connectivity index (χ3n) is 2.12. The molecule has 0 aliphatic carbocycles. The smallest absolute Gasteiger partial charge is 0.0580 e. The van der Waals surface area contributed by atoms with Gasteiger partial charge in [-0.15, -0.1) is 0 Å². The van der Waals surface area contributed by atoms with Crippen molar-refractivity contribution in [3.63, 3.8) is 0 Å². The average molecular weight is 165 g/mol. The van der Waals surface area contributed by atoms with Gasteiger partial charge in [-0.3, -0.25) is 4.99 Å². The average Bonchev–Trinajstić information content (AvgIpc) is 2.34. The molecule has 0 N–H and O–H groups in total. The van der Waals surface area contributed by atoms with E-state index in [1.165, 1.54) is 24.1 Å². The van der Waals surface area contributed by atoms with Crippen molar-refractivity contribution >= 4 is 5.71 Å². The van der Waals surface area contributed by atoms with E-state index in [4.69, 9.17) is 0 Å². The van der Waals surface area contributed by atoms with Crippen LogP contribution in [0.15, 0.2) is 16.6 Å². The fraction of sp³-hybridized carbons (Fsp3) is 0.727. The van der Waals surface area contributed by atoms with Crippen LogP contribution in [0.3, 0.4) is 0 Å². The first-order valence-corrected chi connectivity index (χ1v) is 4.80. The molecule has 1 heteroatoms. The quantitative estimate of drug-likeness (QED) is 0.595. The van der Waals surface area contributed by atoms with E-state index < -0.39 is 0 Å². The molecule has 0 saturated carbocycles. The van der Waals surface area contributed by atoms with Crippen molar-refractivity contribution < 1.29 is 0 Å². The van der Waals surface area contributed by atoms with Crippen LogP contribution in [-0.4, -0.2) is 12.3 Å². The van der Waals surface area contributed by atoms with Gasteiger partial charge in [-0.25, -0.2) is 0 Å². The van der Waals surface area contributed by atoms with Crippen molar-refractivity contribution in [2.75, 3.05) is 6.54 Å². The SMILES string of the molecule is CCCC1=CCN=C1C(C)(C)C. The Balaban J connectivity index is 2.73. The monoisotopic (exact) mass is 165 g/mol. The van der Waals surface area contributed by atoms with Crippen LogP contribution >= 0.6 is 0 Å². The minimum atomic E-state index is 0.234. The number of rotatable bonds is 2. The molecule has 1 heterocycles. The lowest BCUT2D eigenvalue weighted by Gasteiger charge is -2.21. The Kier molecular flexibility index (Phi) is 2.71. The Morgan fingerprint density at radius 2 is 2.08 bits per heavy atom. The Morgan fingerprint density at radius 3 is 2.58 bits per heavy atom. The molecule has 1 aliphatic rings. The number of hydrogen-bond donors (Lipinski definition) is 0. The second-order valence-electron chi connectivity index (χ2n) is 4.42. The highest BCUT2D eigenvalue weighted by molar-refractivity contribution is 6.05. The first-order chi connectivity index (χ1) is 5.55. The van der Waals surface area contributed by atoms with Crippen LogP contribution in [0.25, 0.3) is 0 Å². The van der Waals surface area contributed by atoms with Crippen molar-refractivity contribution in [1.29, 1.82) is 0 Å². The van der Waals surface area contributed by atoms with E-state index >= 15 is 0 Å². The summed E-state index contributed by atoms with van der Waals surface area (Å²) in [5.41, 5.74) is 3.03. The molecular weight excluding hydrogens is 146 g/mol. The molecule has 12 heavy (non-hydrogen) atoms. The predicted molar refractivity (Wildman–Crippen MR) is 54.7 cm³/mol. The Hall–Kier alpha value is -0.590. The van der Waals surface area contributed by atoms with Crippen LogP contribution in [0, 0.1) is 5.41 Å². The second kappa shape index (κ2) is 3.42. The summed E-state index contributed by atoms with van der Waals surface area (Å²) in [4.78, 5) is 4.53. The number of allylic oxidation sites excluding steroid dienone is 1. The van der Waals surface area contributed by atoms with Gasteiger partial charge in [0.2, 0.25) is 0 Å². The standard InChI is InChI=1S/C11H19N/c1-5-6-9-7-8-12-10(9)11(2,3)4/h7H,5-6,8H2,1-4H3. The van der Waals surface area contributed by atoms with E-state index in [-0.39, 0.29) is 5.41 Å². The van der Waals surface area contributed by atoms with Crippen LogP contribution in [0.5, 0.6) is 0 Å². The summed E-state index contributed by atoms with van der Waals surface area (Å²) in [6, 6.07) is 0. The molecule has 0 amide bonds. The maximum atomic E-state index is 4.53. The third kappa shape index (κ3) is 1.96. The topological polar surface area (TPSA) is 12.4 Å². The van der Waals surface area contributed by atoms with Crippen LogP contribution in [-0.2, 0) is 0 Å². The van der Waals surface area contributed by atoms with E-state index in [1.54, 1.807) is 0 Å². The lowest BCUT2D eigenvalue weighted by Crippen LogP contribution is -2.20. The fourth-order valence-electron chi connectivity index (χ4n) is 1.65. The highest BCUT2D eigenvalue weighted by Gasteiger charge is 2.23. The Morgan fingerprint density at radius 1 is 1.42 bits per heavy atom. The normalized spacial score (nSPS) is 17.7. The van der Waals surface area contributed by atoms with Gasteiger partial charge in [0.1, 0.15) is 0 Å². The van der Waals surface area contributed by atoms with Crippen molar-refractivity contribution in [1.82, 2.24) is 0 Å². The van der Waals surface area contributed by atoms with Gasteiger partial charge >= 0.3 is 0 Å². The van der Waals surface area contributed by atoms with Gasteiger partial charge in [0, 0.05) is 11.1 Å². The Bertz CT molecular complexity index is 216. The van der Waals surface area contributed by atoms with Crippen LogP contribution in [0.1, 0.15) is 40.5 Å². The van der Waals surface area contributed by atoms with Crippen molar-refractivity contribution in [3.8, 4) is 0 Å². The van der Waals surface area contributed by atoms with E-state index in [0.717, 1.165) is 6.54 Å². The van der Waals surface area contributed by atoms with E-state index in [0.29, 0.717) is 0 Å². The third-order valence-corrected chi connectivity index (χ3v) is 2.12. The number of aliphatic imine (C=N–C) groups is 1. The van der Waals surface area contributed by atoms with Crippen molar-refractivity contribution in [2.45, 2.75) is 40.5 Å². The van der Waals surface area contributed by atoms with Gasteiger partial charge in [-0.1, -0.05) is 40.2 Å². The zero-order valence-corrected chi connectivity index (χ0v) is 8.65. The minimum absolute atomic E-state index is 0.234. The number of hydrogen-bond acceptors (Lipinski definition) is 1. The maximum Gasteiger partial charge on any atom is 0.0580 e. The first kappa shape index (κ1) is 9.50. The molecule has 0 fully saturated rings. The first-order valence-electron chi connectivity index (χ1n) is 4.80. The van der Waals surface area contributed by atoms with Crippen LogP contribution in [0.4, 0.5) is 0 Å². The molecule has 1 aliphatic heterocycles. The predicted octanol–water partition coefficient (Wildman–Crippen LogP) is 3.21. The van der Waals surface area contributed by atoms with Gasteiger partial charge in [-0.2, -0.15) is 0 Å². The van der Waals surface area contributed by atoms with E-state index in [2.05, 4.69) is 38.8 Å². The summed E-state index contributed by atoms with van der Waals surface area (Å²) >= 11 is 0. The number of nitrogens with zero attached hydrogens (tertiary/aromatic N) is 1. The van der Waals surface area contributed by atoms with Gasteiger partial charge in [0.15, 0.2) is 0 Å². The highest BCUT2D eigenvalue weighted by atomic mass is 14.8. The molecule has 0 spiro atoms. The van der Waals surface area contributed by atoms with Crippen LogP contribution < -0.4 is 0 Å². The maximum absolute atomic E-state index is 4.53. The summed E-state index contributed by atoms with van der Waals surface area (Å²) in [5, 5.41) is 0. The molecule has 0 aromatic carbocycles. The van der Waals surface area contributed by atoms with Gasteiger partial charge in [-0.05, 0) is 12.0 Å². The summed E-state index contributed by atoms with van der Waals surface area (Å²) < 4.78 is 0. The summed E-state index contributed by atoms with van der Waals surface area (Å²) in [6.07, 6.45) is 4.68. The molecule has 0 atom stereocenters. The molecule has 0 aromatic heterocycles. The molecular formula is C11H19N. The largest absolute Gasteiger partial charge is 0.285 e. The molecule has 0 unspecified atom stereocenters. The van der Waals surface area contributed by atoms with Gasteiger partial charge in [0.05, 0.1) is 6.54 Å². The lowest BCUT2D eigenvalue weighted by atomic mass is 9.84. The van der Waals surface area contributed by atoms with E-state index in [1.807, 2.05) is 0 Å². The summed E-state index contributed by atoms with van der Waals surface area (Å²) in [7, 11) is 0. The zero-order chi connectivity index (χ0) is 9.19. The zero-order valence-electron chi connectivity index (χ0n) is 8.65. The molecule has 0 radical (unpaired) electrons. The lowest BCUT2D eigenvalue weighted by molar-refractivity contribution is 0.589. The second-order valence-corrected chi connectivity index (χ2v) is 4.42. The molecule has 0 saturated heterocycles. The van der Waals surface area contributed by atoms with Gasteiger partial charge in [0.25, 0.3) is 0 Å². The van der Waals surface area contributed by atoms with E-state index in [9.17, 15) is 0 Å². The minimum Gasteiger partial charge on any atom is -0.285 e. The molecule has 0 bridgehead atoms. The highest BCUT2D eigenvalue weighted by Crippen LogP contribution is 2.27. The Labute approximate surface area is 75.6 Å². The van der Waals surface area contributed by atoms with Crippen LogP contribution in [0.2, 0.25) is 0 Å². The van der Waals surface area contributed by atoms with Crippen molar-refractivity contribution in [2.24, 2.45) is 10.4 Å². The van der Waals surface area contributed by atoms with Gasteiger partial charge < -0.3 is 0 Å². The summed E-state index contributed by atoms with van der Waals surface area (Å²) in [6.45, 7) is 9.84. The van der Waals surface area contributed by atoms with Crippen molar-refractivity contribution in [3.05, 3.63) is 11.6 Å². The molecule has 0 aromatic rings.